The van der Waals surface area contributed by atoms with Gasteiger partial charge in [-0.25, -0.2) is 0 Å². The monoisotopic (exact) mass is 318 g/mol. The van der Waals surface area contributed by atoms with E-state index in [1.807, 2.05) is 0 Å². The molecule has 4 fully saturated rings. The highest BCUT2D eigenvalue weighted by Gasteiger charge is 2.41. The molecule has 0 aromatic heterocycles. The molecule has 8 nitrogen and oxygen atoms in total. The minimum Gasteiger partial charge on any atom is -0.371 e. The van der Waals surface area contributed by atoms with Crippen molar-refractivity contribution >= 4 is 0 Å². The van der Waals surface area contributed by atoms with Crippen LogP contribution < -0.4 is 0 Å². The van der Waals surface area contributed by atoms with Crippen LogP contribution in [0.1, 0.15) is 0 Å². The molecule has 0 spiro atoms. The Morgan fingerprint density at radius 2 is 1.00 bits per heavy atom. The van der Waals surface area contributed by atoms with Crippen LogP contribution in [-0.4, -0.2) is 89.9 Å². The Balaban J connectivity index is 1.31. The summed E-state index contributed by atoms with van der Waals surface area (Å²) in [6.45, 7) is 4.83. The molecule has 0 amide bonds. The highest BCUT2D eigenvalue weighted by molar-refractivity contribution is 4.75. The van der Waals surface area contributed by atoms with Gasteiger partial charge < -0.3 is 37.9 Å². The van der Waals surface area contributed by atoms with Crippen molar-refractivity contribution in [1.82, 2.24) is 0 Å². The first kappa shape index (κ1) is 15.2. The van der Waals surface area contributed by atoms with E-state index in [0.29, 0.717) is 46.2 Å². The molecule has 0 radical (unpaired) electrons. The lowest BCUT2D eigenvalue weighted by molar-refractivity contribution is -0.396. The third-order valence-corrected chi connectivity index (χ3v) is 3.66. The Bertz CT molecular complexity index is 321. The zero-order valence-electron chi connectivity index (χ0n) is 12.4. The molecule has 126 valence electrons. The van der Waals surface area contributed by atoms with Crippen LogP contribution in [0.5, 0.6) is 0 Å². The third-order valence-electron chi connectivity index (χ3n) is 3.66. The number of hydrogen-bond donors (Lipinski definition) is 0. The predicted molar refractivity (Wildman–Crippen MR) is 70.4 cm³/mol. The van der Waals surface area contributed by atoms with Gasteiger partial charge in [0.25, 0.3) is 0 Å². The summed E-state index contributed by atoms with van der Waals surface area (Å²) in [4.78, 5) is 0. The number of ether oxygens (including phenoxy) is 8. The van der Waals surface area contributed by atoms with Crippen LogP contribution in [0, 0.1) is 0 Å². The fourth-order valence-corrected chi connectivity index (χ4v) is 1.88. The number of rotatable bonds is 13. The average Bonchev–Trinajstić information content (AvgIpc) is 3.38. The Kier molecular flexibility index (Phi) is 4.61. The van der Waals surface area contributed by atoms with E-state index in [4.69, 9.17) is 37.9 Å². The lowest BCUT2D eigenvalue weighted by Gasteiger charge is -2.32. The summed E-state index contributed by atoms with van der Waals surface area (Å²) in [5, 5.41) is 0. The maximum Gasteiger partial charge on any atom is 0.308 e. The van der Waals surface area contributed by atoms with Crippen molar-refractivity contribution < 1.29 is 37.9 Å². The zero-order chi connectivity index (χ0) is 14.8. The smallest absolute Gasteiger partial charge is 0.308 e. The van der Waals surface area contributed by atoms with E-state index in [9.17, 15) is 0 Å². The molecule has 0 saturated carbocycles. The number of hydrogen-bond acceptors (Lipinski definition) is 8. The van der Waals surface area contributed by atoms with Crippen LogP contribution in [-0.2, 0) is 37.9 Å². The van der Waals surface area contributed by atoms with Gasteiger partial charge in [-0.1, -0.05) is 0 Å². The van der Waals surface area contributed by atoms with Gasteiger partial charge in [-0.15, -0.1) is 0 Å². The van der Waals surface area contributed by atoms with E-state index in [1.165, 1.54) is 0 Å². The summed E-state index contributed by atoms with van der Waals surface area (Å²) in [7, 11) is 0. The van der Waals surface area contributed by atoms with Gasteiger partial charge >= 0.3 is 5.97 Å². The second kappa shape index (κ2) is 6.66. The van der Waals surface area contributed by atoms with E-state index in [-0.39, 0.29) is 31.0 Å². The highest BCUT2D eigenvalue weighted by Crippen LogP contribution is 2.25. The van der Waals surface area contributed by atoms with Crippen molar-refractivity contribution in [3.63, 3.8) is 0 Å². The summed E-state index contributed by atoms with van der Waals surface area (Å²) in [6.07, 6.45) is 0.538. The van der Waals surface area contributed by atoms with Crippen molar-refractivity contribution in [3.8, 4) is 0 Å². The summed E-state index contributed by atoms with van der Waals surface area (Å²) in [6, 6.07) is 0. The summed E-state index contributed by atoms with van der Waals surface area (Å²) < 4.78 is 44.0. The minimum atomic E-state index is -1.24. The Morgan fingerprint density at radius 3 is 1.36 bits per heavy atom. The fourth-order valence-electron chi connectivity index (χ4n) is 1.88. The van der Waals surface area contributed by atoms with Crippen LogP contribution in [0.3, 0.4) is 0 Å². The first-order chi connectivity index (χ1) is 10.8. The van der Waals surface area contributed by atoms with E-state index in [0.717, 1.165) is 6.61 Å². The van der Waals surface area contributed by atoms with Gasteiger partial charge in [0.05, 0.1) is 52.9 Å². The van der Waals surface area contributed by atoms with Gasteiger partial charge in [-0.05, 0) is 0 Å². The van der Waals surface area contributed by atoms with Crippen molar-refractivity contribution in [2.45, 2.75) is 30.4 Å². The normalized spacial score (nSPS) is 37.6. The molecule has 4 unspecified atom stereocenters. The lowest BCUT2D eigenvalue weighted by Crippen LogP contribution is -2.46. The predicted octanol–water partition coefficient (Wildman–Crippen LogP) is -0.698. The van der Waals surface area contributed by atoms with Crippen molar-refractivity contribution in [2.24, 2.45) is 0 Å². The van der Waals surface area contributed by atoms with Gasteiger partial charge in [0.15, 0.2) is 0 Å². The molecule has 0 aliphatic carbocycles. The molecule has 8 heteroatoms. The van der Waals surface area contributed by atoms with Crippen molar-refractivity contribution in [3.05, 3.63) is 0 Å². The van der Waals surface area contributed by atoms with Crippen LogP contribution in [0.2, 0.25) is 0 Å². The molecule has 4 rings (SSSR count). The molecule has 22 heavy (non-hydrogen) atoms. The third kappa shape index (κ3) is 5.10. The molecule has 4 saturated heterocycles. The average molecular weight is 318 g/mol. The minimum absolute atomic E-state index is 0.118. The van der Waals surface area contributed by atoms with E-state index >= 15 is 0 Å². The largest absolute Gasteiger partial charge is 0.371 e. The van der Waals surface area contributed by atoms with Gasteiger partial charge in [-0.3, -0.25) is 0 Å². The quantitative estimate of drug-likeness (QED) is 0.325. The van der Waals surface area contributed by atoms with Crippen LogP contribution in [0.4, 0.5) is 0 Å². The standard InChI is InChI=1S/C14H22O8/c1(10-2-16-10)15-9-14(20-6-11-3-17-11,21-7-12-4-18-12)22-8-13-5-19-13/h10-13H,1-9H2. The van der Waals surface area contributed by atoms with Gasteiger partial charge in [0.2, 0.25) is 0 Å². The zero-order valence-corrected chi connectivity index (χ0v) is 12.4. The molecule has 0 bridgehead atoms. The molecule has 0 aromatic carbocycles. The molecular formula is C14H22O8. The van der Waals surface area contributed by atoms with Crippen LogP contribution in [0.25, 0.3) is 0 Å². The first-order valence-corrected chi connectivity index (χ1v) is 7.77. The molecule has 4 atom stereocenters. The second-order valence-corrected chi connectivity index (χ2v) is 5.95. The molecule has 0 aromatic rings. The van der Waals surface area contributed by atoms with Crippen molar-refractivity contribution in [1.29, 1.82) is 0 Å². The van der Waals surface area contributed by atoms with Crippen molar-refractivity contribution in [2.75, 3.05) is 59.5 Å². The lowest BCUT2D eigenvalue weighted by atomic mass is 10.4. The molecule has 4 heterocycles. The van der Waals surface area contributed by atoms with Gasteiger partial charge in [-0.2, -0.15) is 0 Å². The number of epoxide rings is 4. The summed E-state index contributed by atoms with van der Waals surface area (Å²) in [5.41, 5.74) is 0. The Hall–Kier alpha value is -0.320. The molecule has 4 aliphatic rings. The first-order valence-electron chi connectivity index (χ1n) is 7.77. The maximum absolute atomic E-state index is 5.87. The van der Waals surface area contributed by atoms with E-state index < -0.39 is 5.97 Å². The molecule has 4 aliphatic heterocycles. The van der Waals surface area contributed by atoms with E-state index in [2.05, 4.69) is 0 Å². The fraction of sp³-hybridized carbons (Fsp3) is 1.00. The molecular weight excluding hydrogens is 296 g/mol. The maximum atomic E-state index is 5.87. The highest BCUT2D eigenvalue weighted by atomic mass is 16.9. The Labute approximate surface area is 128 Å². The van der Waals surface area contributed by atoms with Gasteiger partial charge in [0, 0.05) is 0 Å². The topological polar surface area (TPSA) is 87.0 Å². The second-order valence-electron chi connectivity index (χ2n) is 5.95. The Morgan fingerprint density at radius 1 is 0.636 bits per heavy atom. The van der Waals surface area contributed by atoms with Crippen LogP contribution >= 0.6 is 0 Å². The van der Waals surface area contributed by atoms with E-state index in [1.54, 1.807) is 0 Å². The summed E-state index contributed by atoms with van der Waals surface area (Å²) in [5.74, 6) is -1.24. The SMILES string of the molecule is C(OCC(OCC1CO1)(OCC1CO1)OCC1CO1)C1CO1. The molecule has 0 N–H and O–H groups in total. The van der Waals surface area contributed by atoms with Crippen LogP contribution in [0.15, 0.2) is 0 Å². The summed E-state index contributed by atoms with van der Waals surface area (Å²) >= 11 is 0. The van der Waals surface area contributed by atoms with Gasteiger partial charge in [0.1, 0.15) is 31.0 Å².